The first-order valence-electron chi connectivity index (χ1n) is 3.94. The molecule has 0 bridgehead atoms. The zero-order valence-electron chi connectivity index (χ0n) is 7.92. The van der Waals surface area contributed by atoms with E-state index in [0.717, 1.165) is 5.56 Å². The molecule has 0 aliphatic heterocycles. The molecule has 1 aromatic rings. The van der Waals surface area contributed by atoms with Crippen molar-refractivity contribution in [3.05, 3.63) is 23.3 Å². The standard InChI is InChI=1S/C10H12O3/c1-6-4-9(12)8(7(2)11)5-10(6)13-3/h4-5,12H,1-3H3. The van der Waals surface area contributed by atoms with Crippen molar-refractivity contribution in [1.29, 1.82) is 0 Å². The van der Waals surface area contributed by atoms with Gasteiger partial charge in [0.05, 0.1) is 12.7 Å². The third kappa shape index (κ3) is 1.80. The van der Waals surface area contributed by atoms with Gasteiger partial charge in [-0.15, -0.1) is 0 Å². The van der Waals surface area contributed by atoms with Crippen LogP contribution in [-0.2, 0) is 0 Å². The van der Waals surface area contributed by atoms with Crippen LogP contribution in [0.25, 0.3) is 0 Å². The van der Waals surface area contributed by atoms with E-state index in [1.807, 2.05) is 6.92 Å². The van der Waals surface area contributed by atoms with Crippen molar-refractivity contribution in [2.45, 2.75) is 13.8 Å². The molecule has 0 saturated carbocycles. The Morgan fingerprint density at radius 3 is 2.54 bits per heavy atom. The molecule has 0 aromatic heterocycles. The van der Waals surface area contributed by atoms with E-state index in [0.29, 0.717) is 11.3 Å². The first-order valence-corrected chi connectivity index (χ1v) is 3.94. The number of methoxy groups -OCH3 is 1. The van der Waals surface area contributed by atoms with Crippen LogP contribution < -0.4 is 4.74 Å². The zero-order valence-corrected chi connectivity index (χ0v) is 7.92. The lowest BCUT2D eigenvalue weighted by atomic mass is 10.1. The number of hydrogen-bond acceptors (Lipinski definition) is 3. The summed E-state index contributed by atoms with van der Waals surface area (Å²) in [6.45, 7) is 3.21. The summed E-state index contributed by atoms with van der Waals surface area (Å²) >= 11 is 0. The highest BCUT2D eigenvalue weighted by Gasteiger charge is 2.10. The average molecular weight is 180 g/mol. The fraction of sp³-hybridized carbons (Fsp3) is 0.300. The Kier molecular flexibility index (Phi) is 2.56. The van der Waals surface area contributed by atoms with Gasteiger partial charge >= 0.3 is 0 Å². The molecule has 0 heterocycles. The second kappa shape index (κ2) is 3.47. The predicted molar refractivity (Wildman–Crippen MR) is 49.4 cm³/mol. The number of hydrogen-bond donors (Lipinski definition) is 1. The third-order valence-corrected chi connectivity index (χ3v) is 1.89. The Balaban J connectivity index is 3.30. The molecule has 13 heavy (non-hydrogen) atoms. The maximum atomic E-state index is 11.0. The van der Waals surface area contributed by atoms with Crippen molar-refractivity contribution in [2.24, 2.45) is 0 Å². The van der Waals surface area contributed by atoms with Gasteiger partial charge in [0.1, 0.15) is 11.5 Å². The van der Waals surface area contributed by atoms with Crippen molar-refractivity contribution < 1.29 is 14.6 Å². The summed E-state index contributed by atoms with van der Waals surface area (Å²) in [5.41, 5.74) is 1.10. The number of rotatable bonds is 2. The summed E-state index contributed by atoms with van der Waals surface area (Å²) in [5.74, 6) is 0.449. The van der Waals surface area contributed by atoms with Crippen LogP contribution in [0.5, 0.6) is 11.5 Å². The SMILES string of the molecule is COc1cc(C(C)=O)c(O)cc1C. The Labute approximate surface area is 77.0 Å². The maximum absolute atomic E-state index is 11.0. The molecule has 0 atom stereocenters. The van der Waals surface area contributed by atoms with Crippen LogP contribution in [0.4, 0.5) is 0 Å². The van der Waals surface area contributed by atoms with Crippen LogP contribution >= 0.6 is 0 Å². The van der Waals surface area contributed by atoms with Gasteiger partial charge in [-0.25, -0.2) is 0 Å². The maximum Gasteiger partial charge on any atom is 0.163 e. The van der Waals surface area contributed by atoms with Gasteiger partial charge in [0.15, 0.2) is 5.78 Å². The first kappa shape index (κ1) is 9.58. The number of phenolic OH excluding ortho intramolecular Hbond substituents is 1. The van der Waals surface area contributed by atoms with Crippen molar-refractivity contribution >= 4 is 5.78 Å². The normalized spacial score (nSPS) is 9.77. The Morgan fingerprint density at radius 1 is 1.46 bits per heavy atom. The van der Waals surface area contributed by atoms with Crippen LogP contribution in [0.1, 0.15) is 22.8 Å². The van der Waals surface area contributed by atoms with Gasteiger partial charge in [0.25, 0.3) is 0 Å². The summed E-state index contributed by atoms with van der Waals surface area (Å²) in [6, 6.07) is 3.07. The van der Waals surface area contributed by atoms with Crippen molar-refractivity contribution in [2.75, 3.05) is 7.11 Å². The van der Waals surface area contributed by atoms with E-state index in [9.17, 15) is 9.90 Å². The highest BCUT2D eigenvalue weighted by atomic mass is 16.5. The molecule has 1 aromatic carbocycles. The molecule has 70 valence electrons. The van der Waals surface area contributed by atoms with E-state index in [1.165, 1.54) is 20.1 Å². The summed E-state index contributed by atoms with van der Waals surface area (Å²) in [7, 11) is 1.53. The van der Waals surface area contributed by atoms with Crippen LogP contribution in [0, 0.1) is 6.92 Å². The van der Waals surface area contributed by atoms with Gasteiger partial charge in [-0.1, -0.05) is 0 Å². The van der Waals surface area contributed by atoms with Crippen LogP contribution in [0.15, 0.2) is 12.1 Å². The van der Waals surface area contributed by atoms with E-state index in [1.54, 1.807) is 6.07 Å². The lowest BCUT2D eigenvalue weighted by Crippen LogP contribution is -1.96. The summed E-state index contributed by atoms with van der Waals surface area (Å²) in [4.78, 5) is 11.0. The number of aromatic hydroxyl groups is 1. The van der Waals surface area contributed by atoms with Crippen molar-refractivity contribution in [3.63, 3.8) is 0 Å². The number of carbonyl (C=O) groups is 1. The molecule has 1 N–H and O–H groups in total. The second-order valence-electron chi connectivity index (χ2n) is 2.90. The Hall–Kier alpha value is -1.51. The number of phenols is 1. The molecule has 3 heteroatoms. The van der Waals surface area contributed by atoms with E-state index in [2.05, 4.69) is 0 Å². The smallest absolute Gasteiger partial charge is 0.163 e. The van der Waals surface area contributed by atoms with E-state index in [-0.39, 0.29) is 11.5 Å². The Bertz CT molecular complexity index is 342. The van der Waals surface area contributed by atoms with Crippen LogP contribution in [0.3, 0.4) is 0 Å². The number of ketones is 1. The van der Waals surface area contributed by atoms with Gasteiger partial charge in [0, 0.05) is 0 Å². The molecule has 0 aliphatic carbocycles. The van der Waals surface area contributed by atoms with Crippen LogP contribution in [-0.4, -0.2) is 18.0 Å². The number of Topliss-reactive ketones (excluding diaryl/α,β-unsaturated/α-hetero) is 1. The third-order valence-electron chi connectivity index (χ3n) is 1.89. The minimum atomic E-state index is -0.171. The minimum Gasteiger partial charge on any atom is -0.507 e. The molecule has 1 rings (SSSR count). The molecule has 0 spiro atoms. The molecule has 0 amide bonds. The van der Waals surface area contributed by atoms with Gasteiger partial charge in [-0.2, -0.15) is 0 Å². The molecule has 0 fully saturated rings. The second-order valence-corrected chi connectivity index (χ2v) is 2.90. The zero-order chi connectivity index (χ0) is 10.0. The van der Waals surface area contributed by atoms with Crippen molar-refractivity contribution in [1.82, 2.24) is 0 Å². The molecular weight excluding hydrogens is 168 g/mol. The fourth-order valence-corrected chi connectivity index (χ4v) is 1.17. The summed E-state index contributed by atoms with van der Waals surface area (Å²) < 4.78 is 5.03. The predicted octanol–water partition coefficient (Wildman–Crippen LogP) is 1.91. The van der Waals surface area contributed by atoms with Crippen molar-refractivity contribution in [3.8, 4) is 11.5 Å². The van der Waals surface area contributed by atoms with E-state index in [4.69, 9.17) is 4.74 Å². The summed E-state index contributed by atoms with van der Waals surface area (Å²) in [5, 5.41) is 9.41. The molecule has 0 aliphatic rings. The van der Waals surface area contributed by atoms with E-state index < -0.39 is 0 Å². The number of benzene rings is 1. The van der Waals surface area contributed by atoms with Gasteiger partial charge in [0.2, 0.25) is 0 Å². The fourth-order valence-electron chi connectivity index (χ4n) is 1.17. The van der Waals surface area contributed by atoms with Gasteiger partial charge in [-0.05, 0) is 31.5 Å². The Morgan fingerprint density at radius 2 is 2.08 bits per heavy atom. The van der Waals surface area contributed by atoms with Crippen LogP contribution in [0.2, 0.25) is 0 Å². The number of aryl methyl sites for hydroxylation is 1. The molecule has 0 radical (unpaired) electrons. The highest BCUT2D eigenvalue weighted by molar-refractivity contribution is 5.97. The molecule has 3 nitrogen and oxygen atoms in total. The first-order chi connectivity index (χ1) is 6.06. The lowest BCUT2D eigenvalue weighted by Gasteiger charge is -2.07. The lowest BCUT2D eigenvalue weighted by molar-refractivity contribution is 0.101. The molecular formula is C10H12O3. The molecule has 0 saturated heterocycles. The number of carbonyl (C=O) groups excluding carboxylic acids is 1. The van der Waals surface area contributed by atoms with Gasteiger partial charge < -0.3 is 9.84 Å². The van der Waals surface area contributed by atoms with Gasteiger partial charge in [-0.3, -0.25) is 4.79 Å². The highest BCUT2D eigenvalue weighted by Crippen LogP contribution is 2.27. The average Bonchev–Trinajstić information content (AvgIpc) is 2.03. The monoisotopic (exact) mass is 180 g/mol. The topological polar surface area (TPSA) is 46.5 Å². The summed E-state index contributed by atoms with van der Waals surface area (Å²) in [6.07, 6.45) is 0. The minimum absolute atomic E-state index is 0.00537. The number of ether oxygens (including phenoxy) is 1. The molecule has 0 unspecified atom stereocenters. The quantitative estimate of drug-likeness (QED) is 0.707. The largest absolute Gasteiger partial charge is 0.507 e. The van der Waals surface area contributed by atoms with E-state index >= 15 is 0 Å².